The van der Waals surface area contributed by atoms with Crippen molar-refractivity contribution in [3.8, 4) is 0 Å². The molecule has 0 aliphatic rings. The summed E-state index contributed by atoms with van der Waals surface area (Å²) in [5.41, 5.74) is 5.21. The molecule has 3 N–H and O–H groups in total. The number of benzene rings is 3. The molecule has 0 atom stereocenters. The lowest BCUT2D eigenvalue weighted by Crippen LogP contribution is -2.30. The molecule has 0 aliphatic carbocycles. The smallest absolute Gasteiger partial charge is 0.251 e. The molecular formula is C27H32N4O3S. The molecule has 1 aromatic heterocycles. The molecule has 0 radical (unpaired) electrons. The summed E-state index contributed by atoms with van der Waals surface area (Å²) < 4.78 is 28.3. The van der Waals surface area contributed by atoms with Crippen LogP contribution in [-0.2, 0) is 29.7 Å². The highest BCUT2D eigenvalue weighted by molar-refractivity contribution is 7.92. The fourth-order valence-corrected chi connectivity index (χ4v) is 4.99. The highest BCUT2D eigenvalue weighted by Crippen LogP contribution is 2.29. The van der Waals surface area contributed by atoms with Crippen LogP contribution in [0.15, 0.2) is 60.7 Å². The number of nitrogens with one attached hydrogen (secondary N) is 3. The Bertz CT molecular complexity index is 1490. The van der Waals surface area contributed by atoms with Gasteiger partial charge in [0.05, 0.1) is 6.26 Å². The number of nitrogens with zero attached hydrogens (tertiary/aromatic N) is 1. The molecule has 3 aromatic carbocycles. The highest BCUT2D eigenvalue weighted by Gasteiger charge is 2.13. The third kappa shape index (κ3) is 5.83. The van der Waals surface area contributed by atoms with Crippen molar-refractivity contribution in [1.82, 2.24) is 15.2 Å². The molecule has 0 fully saturated rings. The Hall–Kier alpha value is -3.36. The van der Waals surface area contributed by atoms with Gasteiger partial charge in [0.2, 0.25) is 10.0 Å². The number of aryl methyl sites for hydroxylation is 1. The molecule has 1 heterocycles. The van der Waals surface area contributed by atoms with E-state index in [1.807, 2.05) is 13.8 Å². The summed E-state index contributed by atoms with van der Waals surface area (Å²) in [6.07, 6.45) is 1.09. The Morgan fingerprint density at radius 3 is 2.34 bits per heavy atom. The van der Waals surface area contributed by atoms with Gasteiger partial charge in [-0.2, -0.15) is 0 Å². The molecule has 0 unspecified atom stereocenters. The van der Waals surface area contributed by atoms with Crippen LogP contribution in [0.3, 0.4) is 0 Å². The van der Waals surface area contributed by atoms with Gasteiger partial charge in [0.25, 0.3) is 5.91 Å². The number of carbonyl (C=O) groups excluding carboxylic acids is 1. The van der Waals surface area contributed by atoms with Crippen molar-refractivity contribution in [2.75, 3.05) is 11.0 Å². The third-order valence-corrected chi connectivity index (χ3v) is 6.40. The van der Waals surface area contributed by atoms with E-state index in [0.717, 1.165) is 23.9 Å². The molecule has 184 valence electrons. The minimum Gasteiger partial charge on any atom is -0.350 e. The van der Waals surface area contributed by atoms with Crippen LogP contribution < -0.4 is 15.4 Å². The van der Waals surface area contributed by atoms with Crippen LogP contribution in [0.1, 0.15) is 42.3 Å². The van der Waals surface area contributed by atoms with Crippen molar-refractivity contribution in [3.63, 3.8) is 0 Å². The lowest BCUT2D eigenvalue weighted by Gasteiger charge is -2.13. The fraction of sp³-hybridized carbons (Fsp3) is 0.296. The molecule has 0 saturated heterocycles. The van der Waals surface area contributed by atoms with Crippen molar-refractivity contribution in [2.24, 2.45) is 0 Å². The predicted octanol–water partition coefficient (Wildman–Crippen LogP) is 4.61. The van der Waals surface area contributed by atoms with Crippen molar-refractivity contribution < 1.29 is 13.2 Å². The van der Waals surface area contributed by atoms with Crippen LogP contribution in [-0.4, -0.2) is 31.2 Å². The van der Waals surface area contributed by atoms with E-state index < -0.39 is 10.0 Å². The number of carbonyl (C=O) groups is 1. The maximum atomic E-state index is 12.6. The average molecular weight is 493 g/mol. The van der Waals surface area contributed by atoms with Crippen LogP contribution in [0, 0.1) is 0 Å². The third-order valence-electron chi connectivity index (χ3n) is 5.79. The molecule has 8 heteroatoms. The molecule has 35 heavy (non-hydrogen) atoms. The Labute approximate surface area is 206 Å². The largest absolute Gasteiger partial charge is 0.350 e. The molecule has 4 aromatic rings. The van der Waals surface area contributed by atoms with Gasteiger partial charge in [-0.05, 0) is 68.3 Å². The summed E-state index contributed by atoms with van der Waals surface area (Å²) in [7, 11) is -3.47. The van der Waals surface area contributed by atoms with E-state index in [-0.39, 0.29) is 11.9 Å². The van der Waals surface area contributed by atoms with Gasteiger partial charge in [0, 0.05) is 58.7 Å². The SMILES string of the molecule is CCn1c2ccccc2c2cc(CNCc3cc(NS(C)(=O)=O)cc(C(=O)NC(C)C)c3)ccc21. The van der Waals surface area contributed by atoms with Gasteiger partial charge in [0.1, 0.15) is 0 Å². The molecule has 0 saturated carbocycles. The molecule has 0 aliphatic heterocycles. The van der Waals surface area contributed by atoms with E-state index in [1.54, 1.807) is 18.2 Å². The van der Waals surface area contributed by atoms with Crippen molar-refractivity contribution in [2.45, 2.75) is 46.4 Å². The first-order valence-electron chi connectivity index (χ1n) is 11.8. The second-order valence-electron chi connectivity index (χ2n) is 9.14. The number of anilines is 1. The first kappa shape index (κ1) is 24.8. The maximum Gasteiger partial charge on any atom is 0.251 e. The van der Waals surface area contributed by atoms with Gasteiger partial charge in [-0.1, -0.05) is 24.3 Å². The predicted molar refractivity (Wildman–Crippen MR) is 143 cm³/mol. The maximum absolute atomic E-state index is 12.6. The van der Waals surface area contributed by atoms with Crippen LogP contribution in [0.2, 0.25) is 0 Å². The number of fused-ring (bicyclic) bond motifs is 3. The summed E-state index contributed by atoms with van der Waals surface area (Å²) in [6, 6.07) is 20.0. The second kappa shape index (κ2) is 10.1. The summed E-state index contributed by atoms with van der Waals surface area (Å²) >= 11 is 0. The zero-order valence-electron chi connectivity index (χ0n) is 20.6. The Morgan fingerprint density at radius 2 is 1.63 bits per heavy atom. The number of para-hydroxylation sites is 1. The van der Waals surface area contributed by atoms with Gasteiger partial charge in [0.15, 0.2) is 0 Å². The average Bonchev–Trinajstić information content (AvgIpc) is 3.10. The zero-order chi connectivity index (χ0) is 25.2. The quantitative estimate of drug-likeness (QED) is 0.318. The van der Waals surface area contributed by atoms with Crippen LogP contribution >= 0.6 is 0 Å². The summed E-state index contributed by atoms with van der Waals surface area (Å²) in [5.74, 6) is -0.240. The number of sulfonamides is 1. The summed E-state index contributed by atoms with van der Waals surface area (Å²) in [4.78, 5) is 12.6. The first-order valence-corrected chi connectivity index (χ1v) is 13.7. The highest BCUT2D eigenvalue weighted by atomic mass is 32.2. The second-order valence-corrected chi connectivity index (χ2v) is 10.9. The van der Waals surface area contributed by atoms with Crippen molar-refractivity contribution in [3.05, 3.63) is 77.4 Å². The lowest BCUT2D eigenvalue weighted by atomic mass is 10.1. The van der Waals surface area contributed by atoms with E-state index >= 15 is 0 Å². The van der Waals surface area contributed by atoms with E-state index in [1.165, 1.54) is 21.8 Å². The van der Waals surface area contributed by atoms with Gasteiger partial charge in [-0.15, -0.1) is 0 Å². The number of rotatable bonds is 9. The molecular weight excluding hydrogens is 460 g/mol. The Balaban J connectivity index is 1.55. The van der Waals surface area contributed by atoms with Crippen LogP contribution in [0.4, 0.5) is 5.69 Å². The van der Waals surface area contributed by atoms with E-state index in [9.17, 15) is 13.2 Å². The van der Waals surface area contributed by atoms with E-state index in [4.69, 9.17) is 0 Å². The van der Waals surface area contributed by atoms with Gasteiger partial charge < -0.3 is 15.2 Å². The Morgan fingerprint density at radius 1 is 0.914 bits per heavy atom. The minimum absolute atomic E-state index is 0.0239. The topological polar surface area (TPSA) is 92.2 Å². The number of hydrogen-bond acceptors (Lipinski definition) is 4. The van der Waals surface area contributed by atoms with Crippen molar-refractivity contribution >= 4 is 43.4 Å². The number of amides is 1. The van der Waals surface area contributed by atoms with Crippen LogP contribution in [0.25, 0.3) is 21.8 Å². The van der Waals surface area contributed by atoms with Gasteiger partial charge in [-0.3, -0.25) is 9.52 Å². The molecule has 4 rings (SSSR count). The number of hydrogen-bond donors (Lipinski definition) is 3. The van der Waals surface area contributed by atoms with Gasteiger partial charge in [-0.25, -0.2) is 8.42 Å². The van der Waals surface area contributed by atoms with Crippen LogP contribution in [0.5, 0.6) is 0 Å². The zero-order valence-corrected chi connectivity index (χ0v) is 21.4. The fourth-order valence-electron chi connectivity index (χ4n) is 4.45. The normalized spacial score (nSPS) is 11.9. The van der Waals surface area contributed by atoms with E-state index in [0.29, 0.717) is 24.3 Å². The van der Waals surface area contributed by atoms with E-state index in [2.05, 4.69) is 69.3 Å². The molecule has 0 bridgehead atoms. The minimum atomic E-state index is -3.47. The number of aromatic nitrogens is 1. The molecule has 1 amide bonds. The Kier molecular flexibility index (Phi) is 7.14. The lowest BCUT2D eigenvalue weighted by molar-refractivity contribution is 0.0943. The standard InChI is InChI=1S/C27H32N4O3S/c1-5-31-25-9-7-6-8-23(25)24-14-19(10-11-26(24)31)16-28-17-20-12-21(27(32)29-18(2)3)15-22(13-20)30-35(4,33)34/h6-15,18,28,30H,5,16-17H2,1-4H3,(H,29,32). The monoisotopic (exact) mass is 492 g/mol. The molecule has 0 spiro atoms. The first-order chi connectivity index (χ1) is 16.6. The van der Waals surface area contributed by atoms with Gasteiger partial charge >= 0.3 is 0 Å². The summed E-state index contributed by atoms with van der Waals surface area (Å²) in [5, 5.41) is 8.76. The summed E-state index contributed by atoms with van der Waals surface area (Å²) in [6.45, 7) is 7.95. The molecule has 7 nitrogen and oxygen atoms in total. The van der Waals surface area contributed by atoms with Crippen molar-refractivity contribution in [1.29, 1.82) is 0 Å².